The molecule has 8 heteroatoms. The molecule has 5 nitrogen and oxygen atoms in total. The number of halogens is 3. The SMILES string of the molecule is NC(=O)c1c(-c2ccccn2)n(C2CCC2)c2ncc(C(F)(F)F)cc12. The van der Waals surface area contributed by atoms with E-state index in [4.69, 9.17) is 5.73 Å². The summed E-state index contributed by atoms with van der Waals surface area (Å²) in [6.07, 6.45) is 0.551. The zero-order valence-electron chi connectivity index (χ0n) is 13.6. The first kappa shape index (κ1) is 16.6. The van der Waals surface area contributed by atoms with Crippen LogP contribution in [0.1, 0.15) is 41.2 Å². The average molecular weight is 360 g/mol. The summed E-state index contributed by atoms with van der Waals surface area (Å²) < 4.78 is 41.2. The fourth-order valence-corrected chi connectivity index (χ4v) is 3.35. The summed E-state index contributed by atoms with van der Waals surface area (Å²) in [5.41, 5.74) is 5.93. The van der Waals surface area contributed by atoms with Gasteiger partial charge in [0.15, 0.2) is 0 Å². The van der Waals surface area contributed by atoms with Crippen LogP contribution in [0.25, 0.3) is 22.4 Å². The number of carbonyl (C=O) groups excluding carboxylic acids is 1. The first-order valence-corrected chi connectivity index (χ1v) is 8.20. The lowest BCUT2D eigenvalue weighted by Crippen LogP contribution is -2.19. The van der Waals surface area contributed by atoms with E-state index in [0.29, 0.717) is 17.0 Å². The minimum Gasteiger partial charge on any atom is -0.366 e. The van der Waals surface area contributed by atoms with Gasteiger partial charge in [-0.25, -0.2) is 4.98 Å². The van der Waals surface area contributed by atoms with E-state index in [-0.39, 0.29) is 17.0 Å². The van der Waals surface area contributed by atoms with Gasteiger partial charge < -0.3 is 10.3 Å². The molecule has 3 aromatic rings. The number of carbonyl (C=O) groups is 1. The predicted molar refractivity (Wildman–Crippen MR) is 89.4 cm³/mol. The van der Waals surface area contributed by atoms with Crippen LogP contribution in [0.3, 0.4) is 0 Å². The summed E-state index contributed by atoms with van der Waals surface area (Å²) in [7, 11) is 0. The molecular formula is C18H15F3N4O. The van der Waals surface area contributed by atoms with Gasteiger partial charge in [-0.3, -0.25) is 9.78 Å². The molecule has 1 amide bonds. The second-order valence-electron chi connectivity index (χ2n) is 6.35. The molecule has 1 fully saturated rings. The van der Waals surface area contributed by atoms with E-state index < -0.39 is 17.6 Å². The number of fused-ring (bicyclic) bond motifs is 1. The second kappa shape index (κ2) is 5.82. The number of nitrogens with two attached hydrogens (primary N) is 1. The lowest BCUT2D eigenvalue weighted by molar-refractivity contribution is -0.137. The third-order valence-electron chi connectivity index (χ3n) is 4.76. The van der Waals surface area contributed by atoms with Crippen molar-refractivity contribution < 1.29 is 18.0 Å². The minimum atomic E-state index is -4.56. The highest BCUT2D eigenvalue weighted by Crippen LogP contribution is 2.42. The van der Waals surface area contributed by atoms with Crippen LogP contribution in [0.4, 0.5) is 13.2 Å². The van der Waals surface area contributed by atoms with Crippen molar-refractivity contribution >= 4 is 16.9 Å². The smallest absolute Gasteiger partial charge is 0.366 e. The molecule has 4 rings (SSSR count). The fraction of sp³-hybridized carbons (Fsp3) is 0.278. The Balaban J connectivity index is 2.09. The van der Waals surface area contributed by atoms with Crippen LogP contribution in [-0.4, -0.2) is 20.4 Å². The molecule has 3 heterocycles. The van der Waals surface area contributed by atoms with Crippen molar-refractivity contribution in [1.29, 1.82) is 0 Å². The van der Waals surface area contributed by atoms with E-state index in [1.807, 2.05) is 4.57 Å². The fourth-order valence-electron chi connectivity index (χ4n) is 3.35. The Morgan fingerprint density at radius 1 is 1.23 bits per heavy atom. The number of hydrogen-bond donors (Lipinski definition) is 1. The quantitative estimate of drug-likeness (QED) is 0.769. The number of primary amides is 1. The number of alkyl halides is 3. The number of rotatable bonds is 3. The van der Waals surface area contributed by atoms with E-state index in [1.54, 1.807) is 24.4 Å². The maximum absolute atomic E-state index is 13.1. The number of hydrogen-bond acceptors (Lipinski definition) is 3. The van der Waals surface area contributed by atoms with Gasteiger partial charge in [0.2, 0.25) is 0 Å². The number of aromatic nitrogens is 3. The van der Waals surface area contributed by atoms with Crippen molar-refractivity contribution in [3.05, 3.63) is 47.8 Å². The zero-order chi connectivity index (χ0) is 18.5. The third kappa shape index (κ3) is 2.53. The highest BCUT2D eigenvalue weighted by atomic mass is 19.4. The minimum absolute atomic E-state index is 0.0317. The van der Waals surface area contributed by atoms with Crippen LogP contribution in [0, 0.1) is 0 Å². The highest BCUT2D eigenvalue weighted by molar-refractivity contribution is 6.11. The van der Waals surface area contributed by atoms with Gasteiger partial charge in [0.1, 0.15) is 5.65 Å². The Hall–Kier alpha value is -2.90. The molecule has 0 atom stereocenters. The maximum Gasteiger partial charge on any atom is 0.417 e. The summed E-state index contributed by atoms with van der Waals surface area (Å²) in [4.78, 5) is 20.5. The molecule has 0 saturated heterocycles. The molecule has 0 aromatic carbocycles. The van der Waals surface area contributed by atoms with Crippen LogP contribution < -0.4 is 5.73 Å². The van der Waals surface area contributed by atoms with Gasteiger partial charge in [-0.1, -0.05) is 6.07 Å². The summed E-state index contributed by atoms with van der Waals surface area (Å²) in [5, 5.41) is 0.111. The zero-order valence-corrected chi connectivity index (χ0v) is 13.6. The molecule has 134 valence electrons. The molecule has 0 unspecified atom stereocenters. The lowest BCUT2D eigenvalue weighted by atomic mass is 9.92. The summed E-state index contributed by atoms with van der Waals surface area (Å²) in [6, 6.07) is 6.20. The van der Waals surface area contributed by atoms with Gasteiger partial charge in [-0.05, 0) is 37.5 Å². The monoisotopic (exact) mass is 360 g/mol. The first-order valence-electron chi connectivity index (χ1n) is 8.20. The summed E-state index contributed by atoms with van der Waals surface area (Å²) in [5.74, 6) is -0.796. The maximum atomic E-state index is 13.1. The second-order valence-corrected chi connectivity index (χ2v) is 6.35. The highest BCUT2D eigenvalue weighted by Gasteiger charge is 2.35. The van der Waals surface area contributed by atoms with Crippen LogP contribution >= 0.6 is 0 Å². The largest absolute Gasteiger partial charge is 0.417 e. The Morgan fingerprint density at radius 3 is 2.54 bits per heavy atom. The molecule has 0 bridgehead atoms. The van der Waals surface area contributed by atoms with E-state index in [9.17, 15) is 18.0 Å². The van der Waals surface area contributed by atoms with Crippen LogP contribution in [0.5, 0.6) is 0 Å². The van der Waals surface area contributed by atoms with Gasteiger partial charge in [-0.2, -0.15) is 13.2 Å². The molecule has 3 aromatic heterocycles. The van der Waals surface area contributed by atoms with Gasteiger partial charge >= 0.3 is 6.18 Å². The molecule has 1 aliphatic rings. The first-order chi connectivity index (χ1) is 12.4. The van der Waals surface area contributed by atoms with Crippen molar-refractivity contribution in [1.82, 2.24) is 14.5 Å². The molecule has 26 heavy (non-hydrogen) atoms. The van der Waals surface area contributed by atoms with Crippen molar-refractivity contribution in [3.63, 3.8) is 0 Å². The molecule has 0 radical (unpaired) electrons. The van der Waals surface area contributed by atoms with Gasteiger partial charge in [0.05, 0.1) is 22.5 Å². The normalized spacial score (nSPS) is 15.2. The van der Waals surface area contributed by atoms with Gasteiger partial charge in [-0.15, -0.1) is 0 Å². The Kier molecular flexibility index (Phi) is 3.71. The Morgan fingerprint density at radius 2 is 2.00 bits per heavy atom. The van der Waals surface area contributed by atoms with Crippen LogP contribution in [0.2, 0.25) is 0 Å². The van der Waals surface area contributed by atoms with Crippen molar-refractivity contribution in [3.8, 4) is 11.4 Å². The average Bonchev–Trinajstić information content (AvgIpc) is 2.88. The molecule has 1 saturated carbocycles. The van der Waals surface area contributed by atoms with E-state index in [0.717, 1.165) is 31.5 Å². The van der Waals surface area contributed by atoms with E-state index in [1.165, 1.54) is 0 Å². The van der Waals surface area contributed by atoms with Crippen molar-refractivity contribution in [2.45, 2.75) is 31.5 Å². The topological polar surface area (TPSA) is 73.8 Å². The molecule has 0 spiro atoms. The number of nitrogens with zero attached hydrogens (tertiary/aromatic N) is 3. The predicted octanol–water partition coefficient (Wildman–Crippen LogP) is 3.94. The standard InChI is InChI=1S/C18H15F3N4O/c19-18(20,21)10-8-12-14(16(22)26)15(13-6-1-2-7-23-13)25(11-4-3-5-11)17(12)24-9-10/h1-2,6-9,11H,3-5H2,(H2,22,26). The summed E-state index contributed by atoms with van der Waals surface area (Å²) >= 11 is 0. The van der Waals surface area contributed by atoms with E-state index in [2.05, 4.69) is 9.97 Å². The van der Waals surface area contributed by atoms with Crippen molar-refractivity contribution in [2.24, 2.45) is 5.73 Å². The molecule has 2 N–H and O–H groups in total. The lowest BCUT2D eigenvalue weighted by Gasteiger charge is -2.29. The Bertz CT molecular complexity index is 991. The number of amides is 1. The summed E-state index contributed by atoms with van der Waals surface area (Å²) in [6.45, 7) is 0. The molecule has 0 aliphatic heterocycles. The Labute approximate surface area is 146 Å². The van der Waals surface area contributed by atoms with Crippen LogP contribution in [-0.2, 0) is 6.18 Å². The van der Waals surface area contributed by atoms with Gasteiger partial charge in [0.25, 0.3) is 5.91 Å². The van der Waals surface area contributed by atoms with Crippen molar-refractivity contribution in [2.75, 3.05) is 0 Å². The van der Waals surface area contributed by atoms with E-state index >= 15 is 0 Å². The van der Waals surface area contributed by atoms with Crippen LogP contribution in [0.15, 0.2) is 36.7 Å². The molecular weight excluding hydrogens is 345 g/mol. The van der Waals surface area contributed by atoms with Gasteiger partial charge in [0, 0.05) is 23.8 Å². The molecule has 1 aliphatic carbocycles. The number of pyridine rings is 2. The third-order valence-corrected chi connectivity index (χ3v) is 4.76.